The van der Waals surface area contributed by atoms with E-state index in [2.05, 4.69) is 0 Å². The van der Waals surface area contributed by atoms with Gasteiger partial charge in [0.15, 0.2) is 5.78 Å². The van der Waals surface area contributed by atoms with E-state index >= 15 is 0 Å². The van der Waals surface area contributed by atoms with E-state index in [0.717, 1.165) is 0 Å². The summed E-state index contributed by atoms with van der Waals surface area (Å²) in [5, 5.41) is 0. The largest absolute Gasteiger partial charge is 0.496 e. The number of rotatable bonds is 3. The molecular formula is C18H14O6. The summed E-state index contributed by atoms with van der Waals surface area (Å²) in [6.45, 7) is 1.23. The van der Waals surface area contributed by atoms with Crippen LogP contribution in [0.25, 0.3) is 0 Å². The predicted octanol–water partition coefficient (Wildman–Crippen LogP) is 2.40. The average molecular weight is 326 g/mol. The van der Waals surface area contributed by atoms with E-state index in [4.69, 9.17) is 14.2 Å². The van der Waals surface area contributed by atoms with E-state index in [9.17, 15) is 14.4 Å². The maximum Gasteiger partial charge on any atom is 0.308 e. The van der Waals surface area contributed by atoms with Crippen LogP contribution in [-0.2, 0) is 4.79 Å². The SMILES string of the molecule is COc1ccc(OC)c2c1C(=O)c1cccc(OC(C)=O)c1C2=O. The Balaban J connectivity index is 2.32. The van der Waals surface area contributed by atoms with Crippen LogP contribution in [0.2, 0.25) is 0 Å². The minimum absolute atomic E-state index is 0.0499. The van der Waals surface area contributed by atoms with Crippen LogP contribution < -0.4 is 14.2 Å². The number of ether oxygens (including phenoxy) is 3. The highest BCUT2D eigenvalue weighted by molar-refractivity contribution is 6.31. The van der Waals surface area contributed by atoms with Gasteiger partial charge in [-0.2, -0.15) is 0 Å². The van der Waals surface area contributed by atoms with Gasteiger partial charge in [-0.3, -0.25) is 14.4 Å². The van der Waals surface area contributed by atoms with Crippen molar-refractivity contribution in [3.05, 3.63) is 52.6 Å². The molecule has 0 unspecified atom stereocenters. The third-order valence-corrected chi connectivity index (χ3v) is 3.77. The number of hydrogen-bond acceptors (Lipinski definition) is 6. The first kappa shape index (κ1) is 15.7. The molecule has 0 radical (unpaired) electrons. The maximum atomic E-state index is 13.0. The number of fused-ring (bicyclic) bond motifs is 2. The van der Waals surface area contributed by atoms with Gasteiger partial charge in [-0.25, -0.2) is 0 Å². The van der Waals surface area contributed by atoms with E-state index < -0.39 is 11.8 Å². The molecule has 0 fully saturated rings. The monoisotopic (exact) mass is 326 g/mol. The summed E-state index contributed by atoms with van der Waals surface area (Å²) in [5.74, 6) is -0.822. The molecule has 2 aromatic rings. The second-order valence-corrected chi connectivity index (χ2v) is 5.15. The van der Waals surface area contributed by atoms with E-state index in [1.807, 2.05) is 0 Å². The van der Waals surface area contributed by atoms with Gasteiger partial charge < -0.3 is 14.2 Å². The van der Waals surface area contributed by atoms with Crippen molar-refractivity contribution in [2.45, 2.75) is 6.92 Å². The summed E-state index contributed by atoms with van der Waals surface area (Å²) in [6, 6.07) is 7.68. The van der Waals surface area contributed by atoms with Gasteiger partial charge in [-0.1, -0.05) is 12.1 Å². The van der Waals surface area contributed by atoms with Crippen molar-refractivity contribution in [2.75, 3.05) is 14.2 Å². The highest BCUT2D eigenvalue weighted by Crippen LogP contribution is 2.41. The molecular weight excluding hydrogens is 312 g/mol. The normalized spacial score (nSPS) is 12.3. The second-order valence-electron chi connectivity index (χ2n) is 5.15. The lowest BCUT2D eigenvalue weighted by atomic mass is 9.82. The Labute approximate surface area is 137 Å². The Kier molecular flexibility index (Phi) is 3.81. The Morgan fingerprint density at radius 2 is 1.38 bits per heavy atom. The molecule has 122 valence electrons. The van der Waals surface area contributed by atoms with Crippen LogP contribution in [0.1, 0.15) is 38.8 Å². The fourth-order valence-corrected chi connectivity index (χ4v) is 2.81. The molecule has 0 heterocycles. The summed E-state index contributed by atoms with van der Waals surface area (Å²) < 4.78 is 15.5. The Morgan fingerprint density at radius 1 is 0.792 bits per heavy atom. The van der Waals surface area contributed by atoms with E-state index in [1.54, 1.807) is 18.2 Å². The number of ketones is 2. The smallest absolute Gasteiger partial charge is 0.308 e. The van der Waals surface area contributed by atoms with Crippen LogP contribution in [0.5, 0.6) is 17.2 Å². The molecule has 3 rings (SSSR count). The van der Waals surface area contributed by atoms with Gasteiger partial charge in [-0.15, -0.1) is 0 Å². The highest BCUT2D eigenvalue weighted by atomic mass is 16.5. The third-order valence-electron chi connectivity index (χ3n) is 3.77. The fourth-order valence-electron chi connectivity index (χ4n) is 2.81. The molecule has 24 heavy (non-hydrogen) atoms. The molecule has 0 saturated carbocycles. The van der Waals surface area contributed by atoms with E-state index in [0.29, 0.717) is 0 Å². The van der Waals surface area contributed by atoms with Crippen molar-refractivity contribution in [1.82, 2.24) is 0 Å². The molecule has 1 aliphatic carbocycles. The molecule has 0 spiro atoms. The first-order valence-electron chi connectivity index (χ1n) is 7.15. The molecule has 0 aromatic heterocycles. The first-order valence-corrected chi connectivity index (χ1v) is 7.15. The van der Waals surface area contributed by atoms with Crippen molar-refractivity contribution < 1.29 is 28.6 Å². The zero-order valence-corrected chi connectivity index (χ0v) is 13.3. The van der Waals surface area contributed by atoms with Crippen molar-refractivity contribution in [2.24, 2.45) is 0 Å². The minimum Gasteiger partial charge on any atom is -0.496 e. The van der Waals surface area contributed by atoms with Crippen LogP contribution in [0, 0.1) is 0 Å². The van der Waals surface area contributed by atoms with Gasteiger partial charge in [0.25, 0.3) is 0 Å². The van der Waals surface area contributed by atoms with E-state index in [-0.39, 0.29) is 45.3 Å². The number of carbonyl (C=O) groups excluding carboxylic acids is 3. The summed E-state index contributed by atoms with van der Waals surface area (Å²) in [6.07, 6.45) is 0. The number of methoxy groups -OCH3 is 2. The van der Waals surface area contributed by atoms with Crippen LogP contribution >= 0.6 is 0 Å². The molecule has 2 aromatic carbocycles. The summed E-state index contributed by atoms with van der Waals surface area (Å²) in [5.41, 5.74) is 0.470. The Hall–Kier alpha value is -3.15. The van der Waals surface area contributed by atoms with Crippen LogP contribution in [-0.4, -0.2) is 31.8 Å². The molecule has 0 saturated heterocycles. The topological polar surface area (TPSA) is 78.9 Å². The Bertz CT molecular complexity index is 881. The number of hydrogen-bond donors (Lipinski definition) is 0. The minimum atomic E-state index is -0.577. The van der Waals surface area contributed by atoms with Gasteiger partial charge in [0.05, 0.1) is 30.9 Å². The summed E-state index contributed by atoms with van der Waals surface area (Å²) in [7, 11) is 2.83. The molecule has 0 atom stereocenters. The number of esters is 1. The zero-order chi connectivity index (χ0) is 17.4. The molecule has 0 aliphatic heterocycles. The zero-order valence-electron chi connectivity index (χ0n) is 13.3. The lowest BCUT2D eigenvalue weighted by Crippen LogP contribution is -2.24. The van der Waals surface area contributed by atoms with Gasteiger partial charge in [0, 0.05) is 12.5 Å². The van der Waals surface area contributed by atoms with Crippen molar-refractivity contribution >= 4 is 17.5 Å². The number of benzene rings is 2. The molecule has 1 aliphatic rings. The standard InChI is InChI=1S/C18H14O6/c1-9(19)24-13-6-4-5-10-14(13)18(21)16-12(23-3)8-7-11(22-2)15(16)17(10)20/h4-8H,1-3H3. The number of carbonyl (C=O) groups is 3. The average Bonchev–Trinajstić information content (AvgIpc) is 2.57. The van der Waals surface area contributed by atoms with Crippen LogP contribution in [0.3, 0.4) is 0 Å². The lowest BCUT2D eigenvalue weighted by molar-refractivity contribution is -0.131. The van der Waals surface area contributed by atoms with E-state index in [1.165, 1.54) is 33.3 Å². The molecule has 6 heteroatoms. The summed E-state index contributed by atoms with van der Waals surface area (Å²) >= 11 is 0. The van der Waals surface area contributed by atoms with Gasteiger partial charge in [-0.05, 0) is 18.2 Å². The molecule has 0 amide bonds. The molecule has 0 bridgehead atoms. The second kappa shape index (κ2) is 5.81. The highest BCUT2D eigenvalue weighted by Gasteiger charge is 2.37. The summed E-state index contributed by atoms with van der Waals surface area (Å²) in [4.78, 5) is 37.2. The van der Waals surface area contributed by atoms with Crippen molar-refractivity contribution in [3.8, 4) is 17.2 Å². The predicted molar refractivity (Wildman–Crippen MR) is 84.2 cm³/mol. The molecule has 6 nitrogen and oxygen atoms in total. The van der Waals surface area contributed by atoms with Crippen molar-refractivity contribution in [3.63, 3.8) is 0 Å². The maximum absolute atomic E-state index is 13.0. The first-order chi connectivity index (χ1) is 11.5. The van der Waals surface area contributed by atoms with Gasteiger partial charge >= 0.3 is 5.97 Å². The Morgan fingerprint density at radius 3 is 1.92 bits per heavy atom. The van der Waals surface area contributed by atoms with Crippen molar-refractivity contribution in [1.29, 1.82) is 0 Å². The fraction of sp³-hybridized carbons (Fsp3) is 0.167. The van der Waals surface area contributed by atoms with Gasteiger partial charge in [0.2, 0.25) is 5.78 Å². The molecule has 0 N–H and O–H groups in total. The lowest BCUT2D eigenvalue weighted by Gasteiger charge is -2.22. The quantitative estimate of drug-likeness (QED) is 0.543. The van der Waals surface area contributed by atoms with Crippen LogP contribution in [0.15, 0.2) is 30.3 Å². The van der Waals surface area contributed by atoms with Crippen LogP contribution in [0.4, 0.5) is 0 Å². The third kappa shape index (κ3) is 2.23. The van der Waals surface area contributed by atoms with Gasteiger partial charge in [0.1, 0.15) is 17.2 Å².